The van der Waals surface area contributed by atoms with Crippen LogP contribution in [0.2, 0.25) is 0 Å². The van der Waals surface area contributed by atoms with Crippen LogP contribution in [0.5, 0.6) is 0 Å². The lowest BCUT2D eigenvalue weighted by Gasteiger charge is -2.34. The van der Waals surface area contributed by atoms with Gasteiger partial charge in [0.15, 0.2) is 5.82 Å². The van der Waals surface area contributed by atoms with E-state index in [9.17, 15) is 4.79 Å². The Balaban J connectivity index is 1.62. The SMILES string of the molecule is N[C@H]1CN(c2nncc3ccccc23)C[C@@H]1N1CCCCC1=O. The van der Waals surface area contributed by atoms with Gasteiger partial charge < -0.3 is 15.5 Å². The Bertz CT molecular complexity index is 729. The molecular weight excluding hydrogens is 290 g/mol. The summed E-state index contributed by atoms with van der Waals surface area (Å²) in [4.78, 5) is 16.4. The third-order valence-electron chi connectivity index (χ3n) is 4.94. The molecule has 0 unspecified atom stereocenters. The molecule has 1 aromatic heterocycles. The lowest BCUT2D eigenvalue weighted by molar-refractivity contribution is -0.135. The van der Waals surface area contributed by atoms with Crippen molar-refractivity contribution in [2.24, 2.45) is 5.73 Å². The van der Waals surface area contributed by atoms with E-state index in [4.69, 9.17) is 5.73 Å². The van der Waals surface area contributed by atoms with E-state index in [1.165, 1.54) is 0 Å². The van der Waals surface area contributed by atoms with Gasteiger partial charge in [-0.05, 0) is 12.8 Å². The highest BCUT2D eigenvalue weighted by Gasteiger charge is 2.38. The smallest absolute Gasteiger partial charge is 0.222 e. The molecule has 3 heterocycles. The Morgan fingerprint density at radius 2 is 2.04 bits per heavy atom. The van der Waals surface area contributed by atoms with Gasteiger partial charge in [0.2, 0.25) is 5.91 Å². The zero-order valence-electron chi connectivity index (χ0n) is 13.1. The van der Waals surface area contributed by atoms with E-state index in [-0.39, 0.29) is 18.0 Å². The molecule has 0 spiro atoms. The Morgan fingerprint density at radius 3 is 2.91 bits per heavy atom. The summed E-state index contributed by atoms with van der Waals surface area (Å²) < 4.78 is 0. The van der Waals surface area contributed by atoms with Crippen LogP contribution >= 0.6 is 0 Å². The standard InChI is InChI=1S/C17H21N5O/c18-14-10-21(11-15(14)22-8-4-3-7-16(22)23)17-13-6-2-1-5-12(13)9-19-20-17/h1-2,5-6,9,14-15H,3-4,7-8,10-11,18H2/t14-,15-/m0/s1. The first-order chi connectivity index (χ1) is 11.2. The monoisotopic (exact) mass is 311 g/mol. The molecule has 2 aromatic rings. The molecule has 0 aliphatic carbocycles. The van der Waals surface area contributed by atoms with Crippen molar-refractivity contribution in [3.63, 3.8) is 0 Å². The number of aromatic nitrogens is 2. The van der Waals surface area contributed by atoms with Crippen molar-refractivity contribution in [3.05, 3.63) is 30.5 Å². The van der Waals surface area contributed by atoms with E-state index in [1.807, 2.05) is 23.1 Å². The first-order valence-corrected chi connectivity index (χ1v) is 8.24. The second kappa shape index (κ2) is 5.77. The number of anilines is 1. The van der Waals surface area contributed by atoms with Gasteiger partial charge in [0.25, 0.3) is 0 Å². The molecule has 0 radical (unpaired) electrons. The van der Waals surface area contributed by atoms with Crippen molar-refractivity contribution in [2.75, 3.05) is 24.5 Å². The molecule has 1 amide bonds. The minimum atomic E-state index is -0.0437. The minimum Gasteiger partial charge on any atom is -0.351 e. The summed E-state index contributed by atoms with van der Waals surface area (Å²) in [5, 5.41) is 10.6. The van der Waals surface area contributed by atoms with Gasteiger partial charge in [-0.1, -0.05) is 24.3 Å². The maximum Gasteiger partial charge on any atom is 0.222 e. The van der Waals surface area contributed by atoms with Gasteiger partial charge in [-0.2, -0.15) is 5.10 Å². The van der Waals surface area contributed by atoms with E-state index < -0.39 is 0 Å². The summed E-state index contributed by atoms with van der Waals surface area (Å²) in [6.07, 6.45) is 4.50. The Kier molecular flexibility index (Phi) is 3.61. The van der Waals surface area contributed by atoms with Crippen LogP contribution in [0.15, 0.2) is 30.5 Å². The molecule has 0 saturated carbocycles. The van der Waals surface area contributed by atoms with Crippen LogP contribution in [-0.4, -0.2) is 52.7 Å². The van der Waals surface area contributed by atoms with Crippen LogP contribution in [0, 0.1) is 0 Å². The molecule has 2 aliphatic rings. The molecule has 1 aromatic carbocycles. The van der Waals surface area contributed by atoms with Crippen LogP contribution in [-0.2, 0) is 4.79 Å². The van der Waals surface area contributed by atoms with Gasteiger partial charge in [-0.3, -0.25) is 4.79 Å². The third kappa shape index (κ3) is 2.53. The van der Waals surface area contributed by atoms with Gasteiger partial charge in [0.1, 0.15) is 0 Å². The molecule has 2 aliphatic heterocycles. The van der Waals surface area contributed by atoms with Crippen molar-refractivity contribution >= 4 is 22.5 Å². The van der Waals surface area contributed by atoms with Crippen molar-refractivity contribution in [1.82, 2.24) is 15.1 Å². The Labute approximate surface area is 135 Å². The number of amides is 1. The summed E-state index contributed by atoms with van der Waals surface area (Å²) in [6, 6.07) is 8.13. The number of hydrogen-bond acceptors (Lipinski definition) is 5. The van der Waals surface area contributed by atoms with E-state index in [1.54, 1.807) is 6.20 Å². The molecule has 2 N–H and O–H groups in total. The first kappa shape index (κ1) is 14.4. The van der Waals surface area contributed by atoms with Crippen LogP contribution in [0.25, 0.3) is 10.8 Å². The first-order valence-electron chi connectivity index (χ1n) is 8.24. The van der Waals surface area contributed by atoms with Gasteiger partial charge >= 0.3 is 0 Å². The van der Waals surface area contributed by atoms with Crippen molar-refractivity contribution in [1.29, 1.82) is 0 Å². The summed E-state index contributed by atoms with van der Waals surface area (Å²) in [5.41, 5.74) is 6.36. The van der Waals surface area contributed by atoms with Crippen LogP contribution in [0.4, 0.5) is 5.82 Å². The predicted octanol–water partition coefficient (Wildman–Crippen LogP) is 1.16. The van der Waals surface area contributed by atoms with Crippen LogP contribution < -0.4 is 10.6 Å². The van der Waals surface area contributed by atoms with E-state index in [0.29, 0.717) is 13.0 Å². The molecule has 0 bridgehead atoms. The fourth-order valence-electron chi connectivity index (χ4n) is 3.74. The lowest BCUT2D eigenvalue weighted by Crippen LogP contribution is -2.51. The number of likely N-dealkylation sites (tertiary alicyclic amines) is 1. The third-order valence-corrected chi connectivity index (χ3v) is 4.94. The molecule has 6 nitrogen and oxygen atoms in total. The van der Waals surface area contributed by atoms with Crippen molar-refractivity contribution in [3.8, 4) is 0 Å². The van der Waals surface area contributed by atoms with E-state index >= 15 is 0 Å². The highest BCUT2D eigenvalue weighted by atomic mass is 16.2. The molecule has 4 rings (SSSR count). The van der Waals surface area contributed by atoms with Gasteiger partial charge in [0.05, 0.1) is 12.2 Å². The number of carbonyl (C=O) groups excluding carboxylic acids is 1. The van der Waals surface area contributed by atoms with Crippen LogP contribution in [0.1, 0.15) is 19.3 Å². The number of nitrogens with zero attached hydrogens (tertiary/aromatic N) is 4. The largest absolute Gasteiger partial charge is 0.351 e. The Hall–Kier alpha value is -2.21. The number of hydrogen-bond donors (Lipinski definition) is 1. The van der Waals surface area contributed by atoms with Crippen LogP contribution in [0.3, 0.4) is 0 Å². The maximum atomic E-state index is 12.2. The van der Waals surface area contributed by atoms with E-state index in [2.05, 4.69) is 21.2 Å². The fraction of sp³-hybridized carbons (Fsp3) is 0.471. The van der Waals surface area contributed by atoms with Crippen molar-refractivity contribution in [2.45, 2.75) is 31.3 Å². The summed E-state index contributed by atoms with van der Waals surface area (Å²) in [7, 11) is 0. The zero-order valence-corrected chi connectivity index (χ0v) is 13.1. The zero-order chi connectivity index (χ0) is 15.8. The average molecular weight is 311 g/mol. The average Bonchev–Trinajstić information content (AvgIpc) is 2.96. The van der Waals surface area contributed by atoms with Gasteiger partial charge in [-0.15, -0.1) is 5.10 Å². The number of nitrogens with two attached hydrogens (primary N) is 1. The second-order valence-electron chi connectivity index (χ2n) is 6.44. The van der Waals surface area contributed by atoms with Crippen molar-refractivity contribution < 1.29 is 4.79 Å². The number of piperidine rings is 1. The minimum absolute atomic E-state index is 0.0437. The predicted molar refractivity (Wildman–Crippen MR) is 89.1 cm³/mol. The number of carbonyl (C=O) groups is 1. The highest BCUT2D eigenvalue weighted by molar-refractivity contribution is 5.91. The number of rotatable bonds is 2. The number of benzene rings is 1. The van der Waals surface area contributed by atoms with Gasteiger partial charge in [0, 0.05) is 42.9 Å². The second-order valence-corrected chi connectivity index (χ2v) is 6.44. The quantitative estimate of drug-likeness (QED) is 0.901. The normalized spacial score (nSPS) is 25.3. The summed E-state index contributed by atoms with van der Waals surface area (Å²) in [5.74, 6) is 1.10. The number of fused-ring (bicyclic) bond motifs is 1. The molecular formula is C17H21N5O. The maximum absolute atomic E-state index is 12.2. The van der Waals surface area contributed by atoms with E-state index in [0.717, 1.165) is 42.5 Å². The molecule has 23 heavy (non-hydrogen) atoms. The van der Waals surface area contributed by atoms with Gasteiger partial charge in [-0.25, -0.2) is 0 Å². The summed E-state index contributed by atoms with van der Waals surface area (Å²) in [6.45, 7) is 2.26. The highest BCUT2D eigenvalue weighted by Crippen LogP contribution is 2.28. The molecule has 6 heteroatoms. The lowest BCUT2D eigenvalue weighted by atomic mass is 10.1. The fourth-order valence-corrected chi connectivity index (χ4v) is 3.74. The Morgan fingerprint density at radius 1 is 1.17 bits per heavy atom. The molecule has 2 atom stereocenters. The summed E-state index contributed by atoms with van der Waals surface area (Å²) >= 11 is 0. The topological polar surface area (TPSA) is 75.3 Å². The molecule has 120 valence electrons. The molecule has 2 saturated heterocycles. The molecule has 2 fully saturated rings.